The maximum Gasteiger partial charge on any atom is 0.325 e. The van der Waals surface area contributed by atoms with Crippen LogP contribution in [0.4, 0.5) is 0 Å². The Balaban J connectivity index is 0.953. The van der Waals surface area contributed by atoms with Gasteiger partial charge >= 0.3 is 5.97 Å². The van der Waals surface area contributed by atoms with Crippen LogP contribution in [0.1, 0.15) is 158 Å². The van der Waals surface area contributed by atoms with Gasteiger partial charge in [-0.25, -0.2) is 10.4 Å². The topological polar surface area (TPSA) is 162 Å². The Hall–Kier alpha value is -4.33. The van der Waals surface area contributed by atoms with Crippen LogP contribution in [-0.4, -0.2) is 148 Å². The number of carbonyl (C=O) groups excluding carboxylic acids is 3. The number of esters is 1. The second-order valence-electron chi connectivity index (χ2n) is 26.3. The van der Waals surface area contributed by atoms with E-state index < -0.39 is 29.1 Å². The van der Waals surface area contributed by atoms with Gasteiger partial charge in [0.2, 0.25) is 0 Å². The number of methoxy groups -OCH3 is 1. The number of aromatic nitrogens is 3. The number of likely N-dealkylation sites (tertiary alicyclic amines) is 2. The monoisotopic (exact) mass is 1090 g/mol. The number of benzene rings is 1. The van der Waals surface area contributed by atoms with Crippen LogP contribution in [-0.2, 0) is 51.0 Å². The number of fused-ring (bicyclic) bond motifs is 5. The highest BCUT2D eigenvalue weighted by Crippen LogP contribution is 2.53. The number of nitrogens with one attached hydrogen (secondary N) is 2. The minimum Gasteiger partial charge on any atom is -0.464 e. The van der Waals surface area contributed by atoms with Crippen molar-refractivity contribution >= 4 is 40.0 Å². The van der Waals surface area contributed by atoms with E-state index in [-0.39, 0.29) is 60.3 Å². The molecule has 3 aromatic heterocycles. The molecule has 0 spiro atoms. The van der Waals surface area contributed by atoms with Crippen molar-refractivity contribution in [3.05, 3.63) is 57.7 Å². The first kappa shape index (κ1) is 53.0. The predicted octanol–water partition coefficient (Wildman–Crippen LogP) is 8.66. The van der Waals surface area contributed by atoms with Crippen molar-refractivity contribution in [3.8, 4) is 22.5 Å². The highest BCUT2D eigenvalue weighted by molar-refractivity contribution is 7.10. The molecule has 3 aliphatic carbocycles. The third-order valence-electron chi connectivity index (χ3n) is 19.6. The number of piperidine rings is 1. The number of rotatable bonds is 12. The van der Waals surface area contributed by atoms with Crippen LogP contribution in [0.2, 0.25) is 0 Å². The average molecular weight is 1090 g/mol. The number of amides is 2. The lowest BCUT2D eigenvalue weighted by Gasteiger charge is -2.53. The normalized spacial score (nSPS) is 32.6. The summed E-state index contributed by atoms with van der Waals surface area (Å²) < 4.78 is 34.4. The summed E-state index contributed by atoms with van der Waals surface area (Å²) >= 11 is 1.55. The summed E-state index contributed by atoms with van der Waals surface area (Å²) in [5, 5.41) is 8.99. The van der Waals surface area contributed by atoms with Gasteiger partial charge in [0, 0.05) is 77.8 Å². The molecular formula is C61H82N8O8S. The van der Waals surface area contributed by atoms with E-state index in [0.29, 0.717) is 63.7 Å². The lowest BCUT2D eigenvalue weighted by Crippen LogP contribution is -2.72. The lowest BCUT2D eigenvalue weighted by atomic mass is 9.72. The fourth-order valence-corrected chi connectivity index (χ4v) is 15.8. The van der Waals surface area contributed by atoms with Crippen LogP contribution in [0.25, 0.3) is 33.4 Å². The lowest BCUT2D eigenvalue weighted by molar-refractivity contribution is -0.172. The van der Waals surface area contributed by atoms with Crippen LogP contribution in [0.3, 0.4) is 0 Å². The molecule has 15 rings (SSSR count). The van der Waals surface area contributed by atoms with Gasteiger partial charge in [-0.3, -0.25) is 29.3 Å². The SMILES string of the molecule is CO[C@@H](C)c1ncc(C2CCN(C3CC3)CC2)cc1-c1c2c3cc(ccc3n1CCO[C@H]1CCOC(C)(C)C1)-c1csc(n1)[C@@H](N1CCCC1)[C@H](NC(=O)C13CC(C1)[C@H](C)O3)C(=O)N1NC(C(=O)OCC(C)(C)C2)C2CC1C2. The number of hydrogen-bond acceptors (Lipinski definition) is 14. The number of hydrazine groups is 1. The summed E-state index contributed by atoms with van der Waals surface area (Å²) in [6.45, 7) is 18.5. The molecule has 16 nitrogen and oxygen atoms in total. The Kier molecular flexibility index (Phi) is 14.0. The maximum absolute atomic E-state index is 15.5. The van der Waals surface area contributed by atoms with Gasteiger partial charge in [-0.1, -0.05) is 19.9 Å². The number of cyclic esters (lactones) is 1. The molecule has 10 bridgehead atoms. The van der Waals surface area contributed by atoms with Crippen LogP contribution in [0, 0.1) is 17.3 Å². The van der Waals surface area contributed by atoms with Crippen LogP contribution >= 0.6 is 11.3 Å². The highest BCUT2D eigenvalue weighted by atomic mass is 32.1. The number of hydrogen-bond donors (Lipinski definition) is 2. The zero-order valence-electron chi connectivity index (χ0n) is 47.0. The fraction of sp³-hybridized carbons (Fsp3) is 0.689. The average Bonchev–Trinajstić information content (AvgIpc) is 3.81. The van der Waals surface area contributed by atoms with E-state index in [0.717, 1.165) is 120 Å². The summed E-state index contributed by atoms with van der Waals surface area (Å²) in [6, 6.07) is 7.55. The first-order valence-corrected chi connectivity index (χ1v) is 30.5. The summed E-state index contributed by atoms with van der Waals surface area (Å²) in [5.74, 6) is -0.107. The van der Waals surface area contributed by atoms with E-state index in [4.69, 9.17) is 33.7 Å². The summed E-state index contributed by atoms with van der Waals surface area (Å²) in [7, 11) is 1.76. The van der Waals surface area contributed by atoms with Crippen LogP contribution in [0.5, 0.6) is 0 Å². The standard InChI is InChI=1S/C61H82N8O8S/c1-35-41-28-61(29-41,77-35)58(72)64-52-54(67-17-8-9-18-67)55-63-48(33-78-55)38-10-13-49-45(26-38)47(31-59(3,4)34-75-57(71)51-39-24-43(25-39)69(65-51)56(52)70)53(68(49)21-23-74-44-16-22-76-60(5,6)30-44)46-27-40(32-62-50(46)36(2)73-7)37-14-19-66(20-15-37)42-11-12-42/h10,13,26-27,32-33,35-37,39,41-44,51-52,54,65H,8-9,11-12,14-25,28-31,34H2,1-7H3,(H,64,72)/t35-,36-,39?,41?,43?,44-,51?,52-,54-,61?/m0/s1. The molecule has 420 valence electrons. The number of pyridine rings is 1. The van der Waals surface area contributed by atoms with Gasteiger partial charge in [-0.15, -0.1) is 11.3 Å². The number of thiazole rings is 1. The zero-order valence-corrected chi connectivity index (χ0v) is 47.8. The van der Waals surface area contributed by atoms with Crippen molar-refractivity contribution in [1.29, 1.82) is 0 Å². The van der Waals surface area contributed by atoms with Crippen molar-refractivity contribution in [2.24, 2.45) is 17.3 Å². The molecule has 6 atom stereocenters. The largest absolute Gasteiger partial charge is 0.464 e. The molecule has 8 aliphatic heterocycles. The maximum atomic E-state index is 15.5. The first-order valence-electron chi connectivity index (χ1n) is 29.7. The summed E-state index contributed by atoms with van der Waals surface area (Å²) in [5.41, 5.74) is 9.97. The Bertz CT molecular complexity index is 2930. The minimum atomic E-state index is -0.986. The second-order valence-corrected chi connectivity index (χ2v) is 27.2. The molecule has 7 saturated heterocycles. The summed E-state index contributed by atoms with van der Waals surface area (Å²) in [4.78, 5) is 60.7. The van der Waals surface area contributed by atoms with E-state index in [1.54, 1.807) is 23.5 Å². The van der Waals surface area contributed by atoms with E-state index >= 15 is 4.79 Å². The number of carbonyl (C=O) groups is 3. The van der Waals surface area contributed by atoms with Gasteiger partial charge in [0.15, 0.2) is 0 Å². The molecular weight excluding hydrogens is 1000 g/mol. The molecule has 10 fully saturated rings. The third-order valence-corrected chi connectivity index (χ3v) is 20.6. The Morgan fingerprint density at radius 2 is 1.74 bits per heavy atom. The van der Waals surface area contributed by atoms with Crippen molar-refractivity contribution in [2.75, 3.05) is 53.1 Å². The van der Waals surface area contributed by atoms with E-state index in [2.05, 4.69) is 95.6 Å². The summed E-state index contributed by atoms with van der Waals surface area (Å²) in [6.07, 6.45) is 13.6. The molecule has 2 amide bonds. The number of nitrogens with zero attached hydrogens (tertiary/aromatic N) is 6. The number of ether oxygens (including phenoxy) is 5. The van der Waals surface area contributed by atoms with E-state index in [9.17, 15) is 9.59 Å². The molecule has 78 heavy (non-hydrogen) atoms. The Morgan fingerprint density at radius 3 is 2.46 bits per heavy atom. The van der Waals surface area contributed by atoms with Gasteiger partial charge in [0.25, 0.3) is 11.8 Å². The van der Waals surface area contributed by atoms with Crippen molar-refractivity contribution in [1.82, 2.24) is 40.1 Å². The van der Waals surface area contributed by atoms with E-state index in [1.807, 2.05) is 6.92 Å². The Labute approximate surface area is 463 Å². The van der Waals surface area contributed by atoms with Gasteiger partial charge in [0.05, 0.1) is 60.3 Å². The van der Waals surface area contributed by atoms with Crippen LogP contribution < -0.4 is 10.7 Å². The van der Waals surface area contributed by atoms with Crippen LogP contribution in [0.15, 0.2) is 35.8 Å². The highest BCUT2D eigenvalue weighted by Gasteiger charge is 2.62. The van der Waals surface area contributed by atoms with Gasteiger partial charge < -0.3 is 38.5 Å². The van der Waals surface area contributed by atoms with E-state index in [1.165, 1.54) is 18.4 Å². The van der Waals surface area contributed by atoms with Crippen molar-refractivity contribution in [2.45, 2.75) is 197 Å². The molecule has 11 heterocycles. The molecule has 17 heteroatoms. The van der Waals surface area contributed by atoms with Gasteiger partial charge in [-0.05, 0) is 178 Å². The molecule has 11 aliphatic rings. The molecule has 3 saturated carbocycles. The second kappa shape index (κ2) is 20.6. The Morgan fingerprint density at radius 1 is 0.962 bits per heavy atom. The minimum absolute atomic E-state index is 0.0124. The van der Waals surface area contributed by atoms with Crippen molar-refractivity contribution < 1.29 is 38.1 Å². The quantitative estimate of drug-likeness (QED) is 0.130. The molecule has 4 aromatic rings. The fourth-order valence-electron chi connectivity index (χ4n) is 14.8. The molecule has 1 unspecified atom stereocenters. The van der Waals surface area contributed by atoms with Gasteiger partial charge in [-0.2, -0.15) is 0 Å². The molecule has 2 N–H and O–H groups in total. The first-order chi connectivity index (χ1) is 37.5. The zero-order chi connectivity index (χ0) is 53.8. The molecule has 0 radical (unpaired) electrons. The third kappa shape index (κ3) is 9.85. The van der Waals surface area contributed by atoms with Crippen molar-refractivity contribution in [3.63, 3.8) is 0 Å². The van der Waals surface area contributed by atoms with Gasteiger partial charge in [0.1, 0.15) is 22.7 Å². The smallest absolute Gasteiger partial charge is 0.325 e. The predicted molar refractivity (Wildman–Crippen MR) is 297 cm³/mol. The molecule has 1 aromatic carbocycles.